The lowest BCUT2D eigenvalue weighted by Crippen LogP contribution is -2.33. The van der Waals surface area contributed by atoms with Crippen LogP contribution < -0.4 is 11.1 Å². The van der Waals surface area contributed by atoms with Crippen LogP contribution in [0.25, 0.3) is 0 Å². The number of anilines is 1. The van der Waals surface area contributed by atoms with Crippen molar-refractivity contribution in [2.24, 2.45) is 0 Å². The van der Waals surface area contributed by atoms with Gasteiger partial charge in [-0.25, -0.2) is 0 Å². The molecule has 5 nitrogen and oxygen atoms in total. The van der Waals surface area contributed by atoms with Gasteiger partial charge in [-0.1, -0.05) is 6.42 Å². The number of hydrogen-bond donors (Lipinski definition) is 3. The molecule has 5 heteroatoms. The highest BCUT2D eigenvalue weighted by molar-refractivity contribution is 5.95. The van der Waals surface area contributed by atoms with Gasteiger partial charge in [-0.05, 0) is 57.1 Å². The fourth-order valence-corrected chi connectivity index (χ4v) is 2.47. The molecular weight excluding hydrogens is 254 g/mol. The summed E-state index contributed by atoms with van der Waals surface area (Å²) < 4.78 is 0. The largest absolute Gasteiger partial charge is 0.506 e. The van der Waals surface area contributed by atoms with Crippen molar-refractivity contribution in [2.45, 2.75) is 25.7 Å². The van der Waals surface area contributed by atoms with Gasteiger partial charge in [0.05, 0.1) is 5.69 Å². The first-order valence-electron chi connectivity index (χ1n) is 7.26. The van der Waals surface area contributed by atoms with Crippen molar-refractivity contribution in [1.82, 2.24) is 10.2 Å². The zero-order chi connectivity index (χ0) is 14.4. The maximum absolute atomic E-state index is 11.9. The zero-order valence-electron chi connectivity index (χ0n) is 11.8. The summed E-state index contributed by atoms with van der Waals surface area (Å²) in [6.45, 7) is 4.05. The third-order valence-corrected chi connectivity index (χ3v) is 3.68. The summed E-state index contributed by atoms with van der Waals surface area (Å²) in [5, 5.41) is 12.3. The molecule has 110 valence electrons. The Bertz CT molecular complexity index is 456. The summed E-state index contributed by atoms with van der Waals surface area (Å²) in [7, 11) is 0. The number of phenols is 1. The fourth-order valence-electron chi connectivity index (χ4n) is 2.47. The third-order valence-electron chi connectivity index (χ3n) is 3.68. The standard InChI is InChI=1S/C15H23N3O2/c16-13-6-5-12(11-14(13)19)15(20)17-7-4-10-18-8-2-1-3-9-18/h5-6,11,19H,1-4,7-10,16H2,(H,17,20). The second kappa shape index (κ2) is 7.14. The predicted octanol–water partition coefficient (Wildman–Crippen LogP) is 1.58. The molecule has 1 heterocycles. The molecule has 0 unspecified atom stereocenters. The molecular formula is C15H23N3O2. The maximum Gasteiger partial charge on any atom is 0.251 e. The minimum Gasteiger partial charge on any atom is -0.506 e. The molecule has 1 aliphatic heterocycles. The Kier molecular flexibility index (Phi) is 5.24. The molecule has 0 aliphatic carbocycles. The van der Waals surface area contributed by atoms with E-state index in [-0.39, 0.29) is 17.3 Å². The number of nitrogens with two attached hydrogens (primary N) is 1. The van der Waals surface area contributed by atoms with Crippen molar-refractivity contribution >= 4 is 11.6 Å². The Morgan fingerprint density at radius 2 is 2.05 bits per heavy atom. The first kappa shape index (κ1) is 14.7. The van der Waals surface area contributed by atoms with Crippen molar-refractivity contribution in [3.05, 3.63) is 23.8 Å². The molecule has 1 aliphatic rings. The number of amides is 1. The number of rotatable bonds is 5. The number of nitrogen functional groups attached to an aromatic ring is 1. The number of benzene rings is 1. The van der Waals surface area contributed by atoms with Gasteiger partial charge in [0.2, 0.25) is 0 Å². The van der Waals surface area contributed by atoms with Gasteiger partial charge in [-0.2, -0.15) is 0 Å². The average molecular weight is 277 g/mol. The Hall–Kier alpha value is -1.75. The van der Waals surface area contributed by atoms with E-state index >= 15 is 0 Å². The highest BCUT2D eigenvalue weighted by atomic mass is 16.3. The fraction of sp³-hybridized carbons (Fsp3) is 0.533. The van der Waals surface area contributed by atoms with Crippen LogP contribution in [0.4, 0.5) is 5.69 Å². The van der Waals surface area contributed by atoms with Gasteiger partial charge in [0.1, 0.15) is 5.75 Å². The lowest BCUT2D eigenvalue weighted by atomic mass is 10.1. The summed E-state index contributed by atoms with van der Waals surface area (Å²) in [5.74, 6) is -0.218. The Morgan fingerprint density at radius 3 is 2.75 bits per heavy atom. The highest BCUT2D eigenvalue weighted by Gasteiger charge is 2.10. The van der Waals surface area contributed by atoms with Crippen LogP contribution in [-0.4, -0.2) is 42.1 Å². The first-order valence-corrected chi connectivity index (χ1v) is 7.26. The number of likely N-dealkylation sites (tertiary alicyclic amines) is 1. The molecule has 1 saturated heterocycles. The molecule has 1 aromatic carbocycles. The number of carbonyl (C=O) groups excluding carboxylic acids is 1. The van der Waals surface area contributed by atoms with Gasteiger partial charge in [0.25, 0.3) is 5.91 Å². The van der Waals surface area contributed by atoms with Gasteiger partial charge in [-0.15, -0.1) is 0 Å². The van der Waals surface area contributed by atoms with E-state index in [0.29, 0.717) is 12.1 Å². The molecule has 0 bridgehead atoms. The molecule has 1 fully saturated rings. The van der Waals surface area contributed by atoms with Crippen LogP contribution in [0.15, 0.2) is 18.2 Å². The van der Waals surface area contributed by atoms with Crippen LogP contribution in [-0.2, 0) is 0 Å². The Labute approximate surface area is 119 Å². The van der Waals surface area contributed by atoms with Gasteiger partial charge in [-0.3, -0.25) is 4.79 Å². The summed E-state index contributed by atoms with van der Waals surface area (Å²) in [4.78, 5) is 14.3. The van der Waals surface area contributed by atoms with Gasteiger partial charge >= 0.3 is 0 Å². The van der Waals surface area contributed by atoms with E-state index < -0.39 is 0 Å². The first-order chi connectivity index (χ1) is 9.66. The van der Waals surface area contributed by atoms with E-state index in [2.05, 4.69) is 10.2 Å². The van der Waals surface area contributed by atoms with Crippen LogP contribution in [0.2, 0.25) is 0 Å². The van der Waals surface area contributed by atoms with Crippen LogP contribution in [0.5, 0.6) is 5.75 Å². The highest BCUT2D eigenvalue weighted by Crippen LogP contribution is 2.20. The smallest absolute Gasteiger partial charge is 0.251 e. The normalized spacial score (nSPS) is 16.0. The van der Waals surface area contributed by atoms with Crippen molar-refractivity contribution in [2.75, 3.05) is 31.9 Å². The number of phenolic OH excluding ortho intramolecular Hbond substituents is 1. The van der Waals surface area contributed by atoms with Crippen molar-refractivity contribution in [3.8, 4) is 5.75 Å². The topological polar surface area (TPSA) is 78.6 Å². The van der Waals surface area contributed by atoms with Crippen molar-refractivity contribution in [1.29, 1.82) is 0 Å². The Morgan fingerprint density at radius 1 is 1.30 bits per heavy atom. The van der Waals surface area contributed by atoms with E-state index in [0.717, 1.165) is 13.0 Å². The van der Waals surface area contributed by atoms with E-state index in [4.69, 9.17) is 5.73 Å². The number of aromatic hydroxyl groups is 1. The SMILES string of the molecule is Nc1ccc(C(=O)NCCCN2CCCCC2)cc1O. The molecule has 4 N–H and O–H groups in total. The van der Waals surface area contributed by atoms with E-state index in [9.17, 15) is 9.90 Å². The quantitative estimate of drug-likeness (QED) is 0.434. The number of nitrogens with one attached hydrogen (secondary N) is 1. The second-order valence-electron chi connectivity index (χ2n) is 5.29. The molecule has 0 aromatic heterocycles. The lowest BCUT2D eigenvalue weighted by Gasteiger charge is -2.26. The monoisotopic (exact) mass is 277 g/mol. The average Bonchev–Trinajstić information content (AvgIpc) is 2.47. The molecule has 0 radical (unpaired) electrons. The van der Waals surface area contributed by atoms with Crippen LogP contribution in [0.3, 0.4) is 0 Å². The molecule has 0 spiro atoms. The lowest BCUT2D eigenvalue weighted by molar-refractivity contribution is 0.0950. The second-order valence-corrected chi connectivity index (χ2v) is 5.29. The summed E-state index contributed by atoms with van der Waals surface area (Å²) in [5.41, 5.74) is 6.23. The minimum absolute atomic E-state index is 0.0500. The third kappa shape index (κ3) is 4.13. The number of hydrogen-bond acceptors (Lipinski definition) is 4. The predicted molar refractivity (Wildman–Crippen MR) is 79.8 cm³/mol. The molecule has 1 aromatic rings. The molecule has 1 amide bonds. The van der Waals surface area contributed by atoms with E-state index in [1.807, 2.05) is 0 Å². The maximum atomic E-state index is 11.9. The van der Waals surface area contributed by atoms with Crippen LogP contribution >= 0.6 is 0 Å². The van der Waals surface area contributed by atoms with Crippen LogP contribution in [0.1, 0.15) is 36.0 Å². The molecule has 2 rings (SSSR count). The van der Waals surface area contributed by atoms with Gasteiger partial charge < -0.3 is 21.1 Å². The summed E-state index contributed by atoms with van der Waals surface area (Å²) in [6.07, 6.45) is 4.87. The van der Waals surface area contributed by atoms with E-state index in [1.54, 1.807) is 6.07 Å². The van der Waals surface area contributed by atoms with Gasteiger partial charge in [0, 0.05) is 12.1 Å². The van der Waals surface area contributed by atoms with E-state index in [1.165, 1.54) is 44.5 Å². The number of carbonyl (C=O) groups is 1. The van der Waals surface area contributed by atoms with Crippen molar-refractivity contribution in [3.63, 3.8) is 0 Å². The number of piperidine rings is 1. The molecule has 0 saturated carbocycles. The van der Waals surface area contributed by atoms with Gasteiger partial charge in [0.15, 0.2) is 0 Å². The van der Waals surface area contributed by atoms with Crippen molar-refractivity contribution < 1.29 is 9.90 Å². The molecule has 0 atom stereocenters. The van der Waals surface area contributed by atoms with Crippen LogP contribution in [0, 0.1) is 0 Å². The zero-order valence-corrected chi connectivity index (χ0v) is 11.8. The summed E-state index contributed by atoms with van der Waals surface area (Å²) >= 11 is 0. The minimum atomic E-state index is -0.168. The summed E-state index contributed by atoms with van der Waals surface area (Å²) in [6, 6.07) is 4.56. The Balaban J connectivity index is 1.70. The number of nitrogens with zero attached hydrogens (tertiary/aromatic N) is 1. The molecule has 20 heavy (non-hydrogen) atoms.